The van der Waals surface area contributed by atoms with Crippen LogP contribution in [0.5, 0.6) is 0 Å². The highest BCUT2D eigenvalue weighted by Crippen LogP contribution is 2.60. The molecule has 0 saturated heterocycles. The highest BCUT2D eigenvalue weighted by molar-refractivity contribution is 5.10. The van der Waals surface area contributed by atoms with Gasteiger partial charge in [0, 0.05) is 0 Å². The Hall–Kier alpha value is -1.27. The molecular weight excluding hydrogens is 451 g/mol. The lowest BCUT2D eigenvalue weighted by Crippen LogP contribution is -2.76. The molecule has 0 spiro atoms. The smallest absolute Gasteiger partial charge is 0.369 e. The van der Waals surface area contributed by atoms with Crippen molar-refractivity contribution in [3.8, 4) is 0 Å². The highest BCUT2D eigenvalue weighted by Gasteiger charge is 2.92. The van der Waals surface area contributed by atoms with Crippen LogP contribution in [0.3, 0.4) is 0 Å². The molecule has 0 aromatic rings. The Bertz CT molecular complexity index is 521. The summed E-state index contributed by atoms with van der Waals surface area (Å²) in [5, 5.41) is 8.24. The zero-order valence-corrected chi connectivity index (χ0v) is 11.3. The van der Waals surface area contributed by atoms with Crippen molar-refractivity contribution in [2.75, 3.05) is 0 Å². The Morgan fingerprint density at radius 3 is 0.926 bits per heavy atom. The SMILES string of the molecule is OC(C(F)(F)F)(C(F)(F)F)[C@](F)(OC(F)(F)C(F)(F)C(F)(F)F)C(F)(F)F. The predicted molar refractivity (Wildman–Crippen MR) is 44.0 cm³/mol. The van der Waals surface area contributed by atoms with E-state index in [0.29, 0.717) is 0 Å². The molecule has 27 heavy (non-hydrogen) atoms. The monoisotopic (exact) mass is 452 g/mol. The van der Waals surface area contributed by atoms with E-state index >= 15 is 0 Å². The van der Waals surface area contributed by atoms with Crippen molar-refractivity contribution in [2.45, 2.75) is 48.2 Å². The van der Waals surface area contributed by atoms with Gasteiger partial charge in [0.25, 0.3) is 0 Å². The van der Waals surface area contributed by atoms with Crippen LogP contribution in [-0.4, -0.2) is 53.3 Å². The van der Waals surface area contributed by atoms with Gasteiger partial charge in [0.05, 0.1) is 0 Å². The molecule has 0 aromatic heterocycles. The molecule has 0 aliphatic heterocycles. The Morgan fingerprint density at radius 2 is 0.741 bits per heavy atom. The fraction of sp³-hybridized carbons (Fsp3) is 1.00. The third kappa shape index (κ3) is 3.70. The van der Waals surface area contributed by atoms with Crippen LogP contribution in [0.4, 0.5) is 74.6 Å². The summed E-state index contributed by atoms with van der Waals surface area (Å²) >= 11 is 0. The van der Waals surface area contributed by atoms with E-state index in [1.807, 2.05) is 0 Å². The largest absolute Gasteiger partial charge is 0.462 e. The molecule has 1 N–H and O–H groups in total. The minimum absolute atomic E-state index is 1.11. The summed E-state index contributed by atoms with van der Waals surface area (Å²) in [6.07, 6.45) is -39.6. The number of hydrogen-bond acceptors (Lipinski definition) is 2. The van der Waals surface area contributed by atoms with Crippen molar-refractivity contribution >= 4 is 0 Å². The zero-order valence-electron chi connectivity index (χ0n) is 11.3. The van der Waals surface area contributed by atoms with Crippen LogP contribution in [0.25, 0.3) is 0 Å². The summed E-state index contributed by atoms with van der Waals surface area (Å²) in [5.41, 5.74) is -8.03. The first-order chi connectivity index (χ1) is 11.2. The van der Waals surface area contributed by atoms with Crippen LogP contribution < -0.4 is 0 Å². The number of aliphatic hydroxyl groups is 1. The minimum atomic E-state index is -8.26. The normalized spacial score (nSPS) is 18.4. The molecule has 0 fully saturated rings. The first-order valence-corrected chi connectivity index (χ1v) is 5.34. The van der Waals surface area contributed by atoms with E-state index in [1.165, 1.54) is 0 Å². The van der Waals surface area contributed by atoms with Crippen molar-refractivity contribution in [3.05, 3.63) is 0 Å². The molecule has 0 unspecified atom stereocenters. The first kappa shape index (κ1) is 25.7. The molecule has 1 atom stereocenters. The average Bonchev–Trinajstić information content (AvgIpc) is 2.30. The molecule has 0 aliphatic rings. The molecule has 0 radical (unpaired) electrons. The molecule has 0 bridgehead atoms. The van der Waals surface area contributed by atoms with Crippen LogP contribution in [0.1, 0.15) is 0 Å². The number of alkyl halides is 17. The summed E-state index contributed by atoms with van der Waals surface area (Å²) in [6, 6.07) is 0. The van der Waals surface area contributed by atoms with E-state index in [9.17, 15) is 74.6 Å². The second-order valence-electron chi connectivity index (χ2n) is 4.49. The van der Waals surface area contributed by atoms with Gasteiger partial charge in [0.2, 0.25) is 0 Å². The van der Waals surface area contributed by atoms with Crippen molar-refractivity contribution in [2.24, 2.45) is 0 Å². The van der Waals surface area contributed by atoms with Crippen molar-refractivity contribution in [1.82, 2.24) is 0 Å². The first-order valence-electron chi connectivity index (χ1n) is 5.34. The average molecular weight is 452 g/mol. The van der Waals surface area contributed by atoms with E-state index < -0.39 is 48.2 Å². The Kier molecular flexibility index (Phi) is 5.83. The molecule has 0 rings (SSSR count). The van der Waals surface area contributed by atoms with Gasteiger partial charge in [0.1, 0.15) is 0 Å². The summed E-state index contributed by atoms with van der Waals surface area (Å²) in [6.45, 7) is 0. The van der Waals surface area contributed by atoms with E-state index in [-0.39, 0.29) is 0 Å². The van der Waals surface area contributed by atoms with Gasteiger partial charge in [-0.05, 0) is 0 Å². The number of ether oxygens (including phenoxy) is 1. The molecule has 164 valence electrons. The van der Waals surface area contributed by atoms with Gasteiger partial charge in [-0.15, -0.1) is 0 Å². The zero-order chi connectivity index (χ0) is 22.7. The molecule has 0 aliphatic carbocycles. The van der Waals surface area contributed by atoms with Gasteiger partial charge in [-0.25, -0.2) is 0 Å². The third-order valence-corrected chi connectivity index (χ3v) is 2.64. The molecule has 0 saturated carbocycles. The third-order valence-electron chi connectivity index (χ3n) is 2.64. The molecule has 0 aromatic carbocycles. The molecule has 2 nitrogen and oxygen atoms in total. The topological polar surface area (TPSA) is 29.5 Å². The quantitative estimate of drug-likeness (QED) is 0.617. The number of rotatable bonds is 4. The standard InChI is InChI=1S/C8HF17O2/c9-2(10,6(18,19)20)8(24,25)27-3(11,7(21,22)23)1(26,4(12,13)14)5(15,16)17/h26H/t3-/m0/s1. The molecular formula is C8HF17O2. The van der Waals surface area contributed by atoms with Crippen LogP contribution in [0.15, 0.2) is 0 Å². The van der Waals surface area contributed by atoms with Crippen LogP contribution in [0.2, 0.25) is 0 Å². The minimum Gasteiger partial charge on any atom is -0.369 e. The summed E-state index contributed by atoms with van der Waals surface area (Å²) in [4.78, 5) is 0. The fourth-order valence-corrected chi connectivity index (χ4v) is 1.27. The summed E-state index contributed by atoms with van der Waals surface area (Å²) < 4.78 is 211. The molecule has 19 heteroatoms. The van der Waals surface area contributed by atoms with E-state index in [2.05, 4.69) is 0 Å². The van der Waals surface area contributed by atoms with Gasteiger partial charge < -0.3 is 5.11 Å². The Labute approximate surface area is 134 Å². The van der Waals surface area contributed by atoms with Crippen molar-refractivity contribution in [3.63, 3.8) is 0 Å². The lowest BCUT2D eigenvalue weighted by molar-refractivity contribution is -0.542. The Balaban J connectivity index is 6.87. The Morgan fingerprint density at radius 1 is 0.444 bits per heavy atom. The van der Waals surface area contributed by atoms with Crippen molar-refractivity contribution in [1.29, 1.82) is 0 Å². The lowest BCUT2D eigenvalue weighted by atomic mass is 9.91. The maximum atomic E-state index is 13.5. The van der Waals surface area contributed by atoms with E-state index in [1.54, 1.807) is 0 Å². The van der Waals surface area contributed by atoms with Gasteiger partial charge in [0.15, 0.2) is 0 Å². The number of halogens is 17. The van der Waals surface area contributed by atoms with Gasteiger partial charge in [-0.1, -0.05) is 0 Å². The second kappa shape index (κ2) is 6.11. The van der Waals surface area contributed by atoms with Crippen LogP contribution in [0, 0.1) is 0 Å². The van der Waals surface area contributed by atoms with Gasteiger partial charge in [-0.3, -0.25) is 4.74 Å². The maximum absolute atomic E-state index is 13.5. The summed E-state index contributed by atoms with van der Waals surface area (Å²) in [7, 11) is 0. The molecule has 0 amide bonds. The predicted octanol–water partition coefficient (Wildman–Crippen LogP) is 4.88. The van der Waals surface area contributed by atoms with Gasteiger partial charge in [-0.2, -0.15) is 74.6 Å². The highest BCUT2D eigenvalue weighted by atomic mass is 19.4. The van der Waals surface area contributed by atoms with E-state index in [0.717, 1.165) is 4.74 Å². The fourth-order valence-electron chi connectivity index (χ4n) is 1.27. The lowest BCUT2D eigenvalue weighted by Gasteiger charge is -2.44. The summed E-state index contributed by atoms with van der Waals surface area (Å²) in [5.74, 6) is -16.2. The maximum Gasteiger partial charge on any atom is 0.462 e. The second-order valence-corrected chi connectivity index (χ2v) is 4.49. The van der Waals surface area contributed by atoms with Crippen LogP contribution >= 0.6 is 0 Å². The molecule has 0 heterocycles. The number of hydrogen-bond donors (Lipinski definition) is 1. The van der Waals surface area contributed by atoms with E-state index in [4.69, 9.17) is 5.11 Å². The van der Waals surface area contributed by atoms with Crippen LogP contribution in [-0.2, 0) is 4.74 Å². The van der Waals surface area contributed by atoms with Crippen molar-refractivity contribution < 1.29 is 84.5 Å². The van der Waals surface area contributed by atoms with Gasteiger partial charge >= 0.3 is 48.2 Å².